The van der Waals surface area contributed by atoms with Crippen LogP contribution in [0.4, 0.5) is 0 Å². The Kier molecular flexibility index (Phi) is 5.06. The van der Waals surface area contributed by atoms with E-state index in [1.165, 1.54) is 12.3 Å². The van der Waals surface area contributed by atoms with Crippen LogP contribution in [0.15, 0.2) is 17.3 Å². The van der Waals surface area contributed by atoms with Crippen molar-refractivity contribution in [3.05, 3.63) is 12.3 Å². The Bertz CT molecular complexity index is 104. The summed E-state index contributed by atoms with van der Waals surface area (Å²) in [5, 5.41) is 0. The van der Waals surface area contributed by atoms with E-state index in [0.29, 0.717) is 5.75 Å². The van der Waals surface area contributed by atoms with Gasteiger partial charge in [-0.15, -0.1) is 0 Å². The Hall–Kier alpha value is -0.530. The maximum atomic E-state index is 9.31. The lowest BCUT2D eigenvalue weighted by Gasteiger charge is -1.66. The lowest BCUT2D eigenvalue weighted by atomic mass is 10.7. The number of nitrogens with zero attached hydrogens (tertiary/aromatic N) is 1. The fraction of sp³-hybridized carbons (Fsp3) is 0.250. The summed E-state index contributed by atoms with van der Waals surface area (Å²) in [6, 6.07) is 0. The Morgan fingerprint density at radius 3 is 3.00 bits per heavy atom. The minimum Gasteiger partial charge on any atom is -0.211 e. The molecule has 0 aromatic heterocycles. The second-order valence-corrected chi connectivity index (χ2v) is 1.15. The van der Waals surface area contributed by atoms with Gasteiger partial charge in [0.05, 0.1) is 0 Å². The van der Waals surface area contributed by atoms with Gasteiger partial charge in [-0.3, -0.25) is 0 Å². The zero-order valence-electron chi connectivity index (χ0n) is 3.66. The van der Waals surface area contributed by atoms with Gasteiger partial charge in [0.1, 0.15) is 0 Å². The molecule has 7 heavy (non-hydrogen) atoms. The fourth-order valence-corrected chi connectivity index (χ4v) is 0.225. The number of thiol groups is 1. The van der Waals surface area contributed by atoms with E-state index in [1.807, 2.05) is 0 Å². The average Bonchev–Trinajstić information content (AvgIpc) is 1.69. The second kappa shape index (κ2) is 5.47. The second-order valence-electron chi connectivity index (χ2n) is 0.788. The Morgan fingerprint density at radius 1 is 1.86 bits per heavy atom. The summed E-state index contributed by atoms with van der Waals surface area (Å²) < 4.78 is 0. The van der Waals surface area contributed by atoms with E-state index in [2.05, 4.69) is 17.6 Å². The summed E-state index contributed by atoms with van der Waals surface area (Å²) in [7, 11) is 0. The monoisotopic (exact) mass is 115 g/mol. The van der Waals surface area contributed by atoms with E-state index in [1.54, 1.807) is 6.08 Å². The highest BCUT2D eigenvalue weighted by atomic mass is 32.1. The van der Waals surface area contributed by atoms with Gasteiger partial charge >= 0.3 is 0 Å². The molecule has 0 aliphatic heterocycles. The smallest absolute Gasteiger partial charge is 0.211 e. The number of isocyanates is 1. The zero-order valence-corrected chi connectivity index (χ0v) is 4.56. The third-order valence-electron chi connectivity index (χ3n) is 0.338. The van der Waals surface area contributed by atoms with Crippen LogP contribution in [-0.4, -0.2) is 11.8 Å². The van der Waals surface area contributed by atoms with E-state index in [4.69, 9.17) is 0 Å². The van der Waals surface area contributed by atoms with Crippen LogP contribution >= 0.6 is 12.6 Å². The van der Waals surface area contributed by atoms with Crippen molar-refractivity contribution in [3.63, 3.8) is 0 Å². The van der Waals surface area contributed by atoms with Gasteiger partial charge in [0.25, 0.3) is 0 Å². The lowest BCUT2D eigenvalue weighted by Crippen LogP contribution is -1.55. The maximum Gasteiger partial charge on any atom is 0.239 e. The van der Waals surface area contributed by atoms with Crippen molar-refractivity contribution < 1.29 is 4.79 Å². The molecule has 0 N–H and O–H groups in total. The zero-order chi connectivity index (χ0) is 5.54. The van der Waals surface area contributed by atoms with Crippen LogP contribution in [0, 0.1) is 0 Å². The quantitative estimate of drug-likeness (QED) is 0.321. The van der Waals surface area contributed by atoms with Crippen molar-refractivity contribution in [1.82, 2.24) is 0 Å². The van der Waals surface area contributed by atoms with Crippen molar-refractivity contribution >= 4 is 18.7 Å². The number of hydrogen-bond donors (Lipinski definition) is 1. The summed E-state index contributed by atoms with van der Waals surface area (Å²) in [4.78, 5) is 12.4. The van der Waals surface area contributed by atoms with E-state index < -0.39 is 0 Å². The molecule has 0 rings (SSSR count). The van der Waals surface area contributed by atoms with Crippen LogP contribution < -0.4 is 0 Å². The number of rotatable bonds is 2. The molecule has 0 saturated carbocycles. The molecule has 0 spiro atoms. The first-order chi connectivity index (χ1) is 3.41. The molecule has 0 aliphatic rings. The van der Waals surface area contributed by atoms with E-state index in [9.17, 15) is 4.79 Å². The summed E-state index contributed by atoms with van der Waals surface area (Å²) >= 11 is 3.82. The first-order valence-corrected chi connectivity index (χ1v) is 2.38. The molecule has 0 atom stereocenters. The molecule has 0 fully saturated rings. The van der Waals surface area contributed by atoms with Gasteiger partial charge in [-0.05, 0) is 0 Å². The molecule has 0 aliphatic carbocycles. The van der Waals surface area contributed by atoms with Crippen LogP contribution in [0.1, 0.15) is 0 Å². The summed E-state index contributed by atoms with van der Waals surface area (Å²) in [5.41, 5.74) is 0. The summed E-state index contributed by atoms with van der Waals surface area (Å²) in [6.07, 6.45) is 4.36. The molecule has 0 radical (unpaired) electrons. The van der Waals surface area contributed by atoms with E-state index in [-0.39, 0.29) is 0 Å². The average molecular weight is 115 g/mol. The number of aliphatic imine (C=N–C) groups is 1. The molecular formula is C4H5NOS. The summed E-state index contributed by atoms with van der Waals surface area (Å²) in [5.74, 6) is 0.602. The largest absolute Gasteiger partial charge is 0.239 e. The number of hydrogen-bond acceptors (Lipinski definition) is 3. The van der Waals surface area contributed by atoms with Gasteiger partial charge in [0.15, 0.2) is 0 Å². The van der Waals surface area contributed by atoms with E-state index in [0.717, 1.165) is 0 Å². The van der Waals surface area contributed by atoms with Crippen molar-refractivity contribution in [2.24, 2.45) is 4.99 Å². The number of carbonyl (C=O) groups excluding carboxylic acids is 1. The summed E-state index contributed by atoms with van der Waals surface area (Å²) in [6.45, 7) is 0. The molecule has 0 unspecified atom stereocenters. The normalized spacial score (nSPS) is 8.71. The molecule has 38 valence electrons. The molecular weight excluding hydrogens is 110 g/mol. The SMILES string of the molecule is O=C=NC=CCS. The maximum absolute atomic E-state index is 9.31. The standard InChI is InChI=1S/C4H5NOS/c6-4-5-2-1-3-7/h1-2,7H,3H2. The highest BCUT2D eigenvalue weighted by molar-refractivity contribution is 7.80. The molecule has 0 bridgehead atoms. The van der Waals surface area contributed by atoms with Crippen LogP contribution in [-0.2, 0) is 4.79 Å². The molecule has 0 aromatic rings. The van der Waals surface area contributed by atoms with Crippen LogP contribution in [0.2, 0.25) is 0 Å². The van der Waals surface area contributed by atoms with Crippen LogP contribution in [0.3, 0.4) is 0 Å². The Balaban J connectivity index is 3.27. The Morgan fingerprint density at radius 2 is 2.57 bits per heavy atom. The predicted molar refractivity (Wildman–Crippen MR) is 31.1 cm³/mol. The third kappa shape index (κ3) is 5.47. The third-order valence-corrected chi connectivity index (χ3v) is 0.549. The van der Waals surface area contributed by atoms with Crippen LogP contribution in [0.25, 0.3) is 0 Å². The minimum absolute atomic E-state index is 0.602. The van der Waals surface area contributed by atoms with Crippen molar-refractivity contribution in [3.8, 4) is 0 Å². The highest BCUT2D eigenvalue weighted by Gasteiger charge is 1.59. The molecule has 3 heteroatoms. The first-order valence-electron chi connectivity index (χ1n) is 1.74. The first kappa shape index (κ1) is 6.47. The van der Waals surface area contributed by atoms with Gasteiger partial charge in [0.2, 0.25) is 6.08 Å². The van der Waals surface area contributed by atoms with Gasteiger partial charge in [-0.1, -0.05) is 6.08 Å². The van der Waals surface area contributed by atoms with Crippen LogP contribution in [0.5, 0.6) is 0 Å². The van der Waals surface area contributed by atoms with Crippen molar-refractivity contribution in [1.29, 1.82) is 0 Å². The fourth-order valence-electron chi connectivity index (χ4n) is 0.130. The molecule has 0 saturated heterocycles. The molecule has 0 aromatic carbocycles. The molecule has 0 amide bonds. The van der Waals surface area contributed by atoms with Crippen molar-refractivity contribution in [2.45, 2.75) is 0 Å². The Labute approximate surface area is 47.4 Å². The van der Waals surface area contributed by atoms with Crippen molar-refractivity contribution in [2.75, 3.05) is 5.75 Å². The minimum atomic E-state index is 0.602. The van der Waals surface area contributed by atoms with Gasteiger partial charge < -0.3 is 0 Å². The lowest BCUT2D eigenvalue weighted by molar-refractivity contribution is 0.565. The van der Waals surface area contributed by atoms with Gasteiger partial charge in [-0.25, -0.2) is 4.79 Å². The predicted octanol–water partition coefficient (Wildman–Crippen LogP) is 0.766. The molecule has 2 nitrogen and oxygen atoms in total. The van der Waals surface area contributed by atoms with Gasteiger partial charge in [-0.2, -0.15) is 17.6 Å². The molecule has 0 heterocycles. The van der Waals surface area contributed by atoms with E-state index >= 15 is 0 Å². The topological polar surface area (TPSA) is 29.4 Å². The van der Waals surface area contributed by atoms with Gasteiger partial charge in [0, 0.05) is 12.0 Å². The highest BCUT2D eigenvalue weighted by Crippen LogP contribution is 1.75.